The van der Waals surface area contributed by atoms with Gasteiger partial charge in [-0.15, -0.1) is 11.8 Å². The van der Waals surface area contributed by atoms with Gasteiger partial charge in [0, 0.05) is 16.1 Å². The topological polar surface area (TPSA) is 114 Å². The number of aryl methyl sites for hydroxylation is 1. The molecule has 9 heteroatoms. The molecule has 0 aromatic heterocycles. The van der Waals surface area contributed by atoms with Gasteiger partial charge in [0.25, 0.3) is 11.8 Å². The molecule has 0 aliphatic rings. The molecule has 212 valence electrons. The van der Waals surface area contributed by atoms with Crippen LogP contribution in [0.4, 0.5) is 11.4 Å². The Hall–Kier alpha value is -5.15. The molecule has 0 radical (unpaired) electrons. The van der Waals surface area contributed by atoms with E-state index in [9.17, 15) is 19.2 Å². The smallest absolute Gasteiger partial charge is 0.339 e. The standard InChI is InChI=1S/C33H29N3O5S/c1-22-10-8-11-23(18-22)19-29(36-31(38)24-12-4-3-5-13-24)32(39)34-25-14-9-15-26(20-25)42-21-30(37)35-28-17-7-6-16-27(28)33(40)41-2/h3-20H,21H2,1-2H3,(H,34,39)(H,35,37)(H,36,38)/b29-19+. The monoisotopic (exact) mass is 579 g/mol. The van der Waals surface area contributed by atoms with Gasteiger partial charge in [0.1, 0.15) is 5.70 Å². The van der Waals surface area contributed by atoms with E-state index in [2.05, 4.69) is 16.0 Å². The normalized spacial score (nSPS) is 10.9. The van der Waals surface area contributed by atoms with Gasteiger partial charge >= 0.3 is 5.97 Å². The zero-order valence-electron chi connectivity index (χ0n) is 23.0. The Morgan fingerprint density at radius 1 is 0.810 bits per heavy atom. The van der Waals surface area contributed by atoms with Gasteiger partial charge in [0.15, 0.2) is 0 Å². The van der Waals surface area contributed by atoms with Crippen LogP contribution in [0.5, 0.6) is 0 Å². The van der Waals surface area contributed by atoms with E-state index >= 15 is 0 Å². The van der Waals surface area contributed by atoms with Crippen molar-refractivity contribution in [3.05, 3.63) is 131 Å². The first kappa shape index (κ1) is 29.8. The van der Waals surface area contributed by atoms with Crippen LogP contribution in [0, 0.1) is 6.92 Å². The molecule has 4 aromatic rings. The van der Waals surface area contributed by atoms with Crippen molar-refractivity contribution in [1.82, 2.24) is 5.32 Å². The second-order valence-electron chi connectivity index (χ2n) is 9.15. The van der Waals surface area contributed by atoms with Gasteiger partial charge < -0.3 is 20.7 Å². The van der Waals surface area contributed by atoms with E-state index in [1.54, 1.807) is 72.8 Å². The second kappa shape index (κ2) is 14.5. The van der Waals surface area contributed by atoms with Crippen molar-refractivity contribution in [3.8, 4) is 0 Å². The van der Waals surface area contributed by atoms with E-state index in [0.717, 1.165) is 16.0 Å². The van der Waals surface area contributed by atoms with E-state index in [1.807, 2.05) is 43.3 Å². The summed E-state index contributed by atoms with van der Waals surface area (Å²) in [7, 11) is 1.28. The molecule has 4 aromatic carbocycles. The molecule has 8 nitrogen and oxygen atoms in total. The fourth-order valence-corrected chi connectivity index (χ4v) is 4.70. The Morgan fingerprint density at radius 3 is 2.31 bits per heavy atom. The number of hydrogen-bond acceptors (Lipinski definition) is 6. The summed E-state index contributed by atoms with van der Waals surface area (Å²) in [5.41, 5.74) is 3.39. The molecule has 42 heavy (non-hydrogen) atoms. The molecule has 4 rings (SSSR count). The van der Waals surface area contributed by atoms with Crippen molar-refractivity contribution in [2.75, 3.05) is 23.5 Å². The van der Waals surface area contributed by atoms with Crippen molar-refractivity contribution >= 4 is 52.9 Å². The molecular weight excluding hydrogens is 550 g/mol. The highest BCUT2D eigenvalue weighted by Crippen LogP contribution is 2.23. The average molecular weight is 580 g/mol. The lowest BCUT2D eigenvalue weighted by Crippen LogP contribution is -2.30. The van der Waals surface area contributed by atoms with Crippen LogP contribution in [-0.2, 0) is 14.3 Å². The number of rotatable bonds is 10. The molecule has 0 fully saturated rings. The predicted molar refractivity (Wildman–Crippen MR) is 165 cm³/mol. The van der Waals surface area contributed by atoms with Crippen LogP contribution in [0.2, 0.25) is 0 Å². The summed E-state index contributed by atoms with van der Waals surface area (Å²) in [6, 6.07) is 29.9. The van der Waals surface area contributed by atoms with Crippen LogP contribution < -0.4 is 16.0 Å². The minimum absolute atomic E-state index is 0.0680. The van der Waals surface area contributed by atoms with E-state index in [1.165, 1.54) is 18.9 Å². The Morgan fingerprint density at radius 2 is 1.55 bits per heavy atom. The van der Waals surface area contributed by atoms with Crippen molar-refractivity contribution in [3.63, 3.8) is 0 Å². The van der Waals surface area contributed by atoms with Gasteiger partial charge in [0.2, 0.25) is 5.91 Å². The maximum atomic E-state index is 13.4. The first-order valence-electron chi connectivity index (χ1n) is 13.0. The summed E-state index contributed by atoms with van der Waals surface area (Å²) in [6.07, 6.45) is 1.62. The van der Waals surface area contributed by atoms with E-state index in [0.29, 0.717) is 16.9 Å². The molecule has 3 amide bonds. The highest BCUT2D eigenvalue weighted by molar-refractivity contribution is 8.00. The van der Waals surface area contributed by atoms with Crippen LogP contribution in [-0.4, -0.2) is 36.6 Å². The van der Waals surface area contributed by atoms with Crippen LogP contribution in [0.15, 0.2) is 114 Å². The van der Waals surface area contributed by atoms with Gasteiger partial charge in [0.05, 0.1) is 24.1 Å². The van der Waals surface area contributed by atoms with Crippen LogP contribution >= 0.6 is 11.8 Å². The molecule has 0 saturated heterocycles. The molecule has 0 unspecified atom stereocenters. The number of nitrogens with one attached hydrogen (secondary N) is 3. The first-order valence-corrected chi connectivity index (χ1v) is 14.0. The Kier molecular flexibility index (Phi) is 10.3. The van der Waals surface area contributed by atoms with Crippen molar-refractivity contribution in [1.29, 1.82) is 0 Å². The number of anilines is 2. The number of para-hydroxylation sites is 1. The van der Waals surface area contributed by atoms with Gasteiger partial charge in [-0.05, 0) is 61.0 Å². The van der Waals surface area contributed by atoms with Crippen LogP contribution in [0.1, 0.15) is 31.8 Å². The number of thioether (sulfide) groups is 1. The van der Waals surface area contributed by atoms with Crippen molar-refractivity contribution in [2.45, 2.75) is 11.8 Å². The minimum atomic E-state index is -0.544. The number of benzene rings is 4. The Bertz CT molecular complexity index is 1640. The fraction of sp³-hybridized carbons (Fsp3) is 0.0909. The maximum absolute atomic E-state index is 13.4. The lowest BCUT2D eigenvalue weighted by molar-refractivity contribution is -0.114. The summed E-state index contributed by atoms with van der Waals surface area (Å²) >= 11 is 1.27. The summed E-state index contributed by atoms with van der Waals surface area (Å²) in [4.78, 5) is 51.6. The zero-order chi connectivity index (χ0) is 29.9. The van der Waals surface area contributed by atoms with Crippen LogP contribution in [0.3, 0.4) is 0 Å². The van der Waals surface area contributed by atoms with Gasteiger partial charge in [-0.3, -0.25) is 14.4 Å². The van der Waals surface area contributed by atoms with Gasteiger partial charge in [-0.1, -0.05) is 66.2 Å². The minimum Gasteiger partial charge on any atom is -0.465 e. The fourth-order valence-electron chi connectivity index (χ4n) is 3.95. The Balaban J connectivity index is 1.45. The van der Waals surface area contributed by atoms with Crippen molar-refractivity contribution < 1.29 is 23.9 Å². The summed E-state index contributed by atoms with van der Waals surface area (Å²) < 4.78 is 4.77. The van der Waals surface area contributed by atoms with E-state index < -0.39 is 17.8 Å². The number of ether oxygens (including phenoxy) is 1. The number of methoxy groups -OCH3 is 1. The Labute approximate surface area is 248 Å². The third kappa shape index (κ3) is 8.42. The largest absolute Gasteiger partial charge is 0.465 e. The van der Waals surface area contributed by atoms with Crippen LogP contribution in [0.25, 0.3) is 6.08 Å². The second-order valence-corrected chi connectivity index (χ2v) is 10.2. The molecule has 0 aliphatic carbocycles. The lowest BCUT2D eigenvalue weighted by Gasteiger charge is -2.12. The zero-order valence-corrected chi connectivity index (χ0v) is 23.9. The molecule has 0 spiro atoms. The summed E-state index contributed by atoms with van der Waals surface area (Å²) in [5.74, 6) is -1.69. The predicted octanol–water partition coefficient (Wildman–Crippen LogP) is 5.92. The molecule has 0 atom stereocenters. The van der Waals surface area contributed by atoms with Crippen molar-refractivity contribution in [2.24, 2.45) is 0 Å². The average Bonchev–Trinajstić information content (AvgIpc) is 3.00. The molecule has 3 N–H and O–H groups in total. The number of hydrogen-bond donors (Lipinski definition) is 3. The van der Waals surface area contributed by atoms with E-state index in [4.69, 9.17) is 4.74 Å². The number of amides is 3. The summed E-state index contributed by atoms with van der Waals surface area (Å²) in [6.45, 7) is 1.95. The molecule has 0 aliphatic heterocycles. The van der Waals surface area contributed by atoms with Gasteiger partial charge in [-0.2, -0.15) is 0 Å². The number of carbonyl (C=O) groups is 4. The SMILES string of the molecule is COC(=O)c1ccccc1NC(=O)CSc1cccc(NC(=O)/C(=C\c2cccc(C)c2)NC(=O)c2ccccc2)c1. The molecule has 0 heterocycles. The quantitative estimate of drug-likeness (QED) is 0.122. The van der Waals surface area contributed by atoms with E-state index in [-0.39, 0.29) is 22.9 Å². The molecule has 0 saturated carbocycles. The number of esters is 1. The molecular formula is C33H29N3O5S. The third-order valence-electron chi connectivity index (χ3n) is 5.95. The lowest BCUT2D eigenvalue weighted by atomic mass is 10.1. The highest BCUT2D eigenvalue weighted by Gasteiger charge is 2.16. The molecule has 0 bridgehead atoms. The third-order valence-corrected chi connectivity index (χ3v) is 6.94. The number of carbonyl (C=O) groups excluding carboxylic acids is 4. The van der Waals surface area contributed by atoms with Gasteiger partial charge in [-0.25, -0.2) is 4.79 Å². The summed E-state index contributed by atoms with van der Waals surface area (Å²) in [5, 5.41) is 8.31. The highest BCUT2D eigenvalue weighted by atomic mass is 32.2. The maximum Gasteiger partial charge on any atom is 0.339 e. The first-order chi connectivity index (χ1) is 20.3.